The molecule has 0 bridgehead atoms. The fraction of sp³-hybridized carbons (Fsp3) is 0.500. The number of pyridine rings is 1. The first-order valence-corrected chi connectivity index (χ1v) is 7.48. The van der Waals surface area contributed by atoms with Crippen LogP contribution in [0.3, 0.4) is 0 Å². The molecule has 2 aromatic rings. The Morgan fingerprint density at radius 2 is 2.24 bits per heavy atom. The van der Waals surface area contributed by atoms with Crippen LogP contribution in [0.25, 0.3) is 5.65 Å². The van der Waals surface area contributed by atoms with Crippen LogP contribution in [0.4, 0.5) is 0 Å². The van der Waals surface area contributed by atoms with Gasteiger partial charge in [0.2, 0.25) is 0 Å². The molecule has 1 saturated heterocycles. The van der Waals surface area contributed by atoms with Crippen LogP contribution in [0.15, 0.2) is 24.5 Å². The van der Waals surface area contributed by atoms with Gasteiger partial charge in [0.1, 0.15) is 11.2 Å². The maximum atomic E-state index is 11.7. The number of hydrogen-bond acceptors (Lipinski definition) is 3. The van der Waals surface area contributed by atoms with Gasteiger partial charge in [0.15, 0.2) is 0 Å². The number of likely N-dealkylation sites (tertiary alicyclic amines) is 1. The van der Waals surface area contributed by atoms with E-state index in [-0.39, 0.29) is 0 Å². The van der Waals surface area contributed by atoms with E-state index in [1.807, 2.05) is 42.8 Å². The summed E-state index contributed by atoms with van der Waals surface area (Å²) in [5.74, 6) is -0.706. The summed E-state index contributed by atoms with van der Waals surface area (Å²) in [5.41, 5.74) is 2.31. The van der Waals surface area contributed by atoms with E-state index in [1.165, 1.54) is 5.56 Å². The predicted octanol–water partition coefficient (Wildman–Crippen LogP) is 2.47. The van der Waals surface area contributed by atoms with Crippen molar-refractivity contribution < 1.29 is 9.90 Å². The molecule has 0 spiro atoms. The van der Waals surface area contributed by atoms with Gasteiger partial charge in [-0.05, 0) is 44.4 Å². The van der Waals surface area contributed by atoms with Crippen LogP contribution in [0.5, 0.6) is 0 Å². The Balaban J connectivity index is 1.89. The summed E-state index contributed by atoms with van der Waals surface area (Å²) in [6, 6.07) is 4.03. The molecule has 0 saturated carbocycles. The molecule has 3 heterocycles. The summed E-state index contributed by atoms with van der Waals surface area (Å²) in [6.45, 7) is 5.43. The molecular formula is C16H21N3O2. The van der Waals surface area contributed by atoms with E-state index in [0.29, 0.717) is 13.0 Å². The van der Waals surface area contributed by atoms with E-state index in [0.717, 1.165) is 30.7 Å². The van der Waals surface area contributed by atoms with E-state index in [4.69, 9.17) is 0 Å². The van der Waals surface area contributed by atoms with Crippen molar-refractivity contribution >= 4 is 11.6 Å². The zero-order valence-electron chi connectivity index (χ0n) is 12.5. The Bertz CT molecular complexity index is 679. The number of hydrogen-bond donors (Lipinski definition) is 1. The van der Waals surface area contributed by atoms with Gasteiger partial charge in [0, 0.05) is 18.9 Å². The van der Waals surface area contributed by atoms with Crippen molar-refractivity contribution in [2.24, 2.45) is 0 Å². The second kappa shape index (κ2) is 5.15. The minimum Gasteiger partial charge on any atom is -0.480 e. The lowest BCUT2D eigenvalue weighted by atomic mass is 9.93. The Hall–Kier alpha value is -1.88. The summed E-state index contributed by atoms with van der Waals surface area (Å²) in [5, 5.41) is 9.62. The van der Waals surface area contributed by atoms with Gasteiger partial charge in [0.25, 0.3) is 0 Å². The summed E-state index contributed by atoms with van der Waals surface area (Å²) < 4.78 is 2.01. The number of aromatic nitrogens is 2. The van der Waals surface area contributed by atoms with Gasteiger partial charge in [0.05, 0.1) is 5.69 Å². The lowest BCUT2D eigenvalue weighted by molar-refractivity contribution is -0.150. The maximum absolute atomic E-state index is 11.7. The Labute approximate surface area is 124 Å². The van der Waals surface area contributed by atoms with Crippen molar-refractivity contribution in [2.45, 2.75) is 45.2 Å². The van der Waals surface area contributed by atoms with Crippen LogP contribution in [-0.4, -0.2) is 37.4 Å². The van der Waals surface area contributed by atoms with Crippen molar-refractivity contribution in [3.63, 3.8) is 0 Å². The van der Waals surface area contributed by atoms with E-state index in [2.05, 4.69) is 9.88 Å². The standard InChI is InChI=1S/C16H21N3O2/c1-3-16(15(20)21)7-4-8-19(16)11-13-10-18-9-12(2)5-6-14(18)17-13/h5-6,9-10H,3-4,7-8,11H2,1-2H3,(H,20,21). The van der Waals surface area contributed by atoms with E-state index >= 15 is 0 Å². The highest BCUT2D eigenvalue weighted by molar-refractivity contribution is 5.79. The Kier molecular flexibility index (Phi) is 3.45. The third-order valence-electron chi connectivity index (χ3n) is 4.61. The third-order valence-corrected chi connectivity index (χ3v) is 4.61. The average molecular weight is 287 g/mol. The summed E-state index contributed by atoms with van der Waals surface area (Å²) >= 11 is 0. The van der Waals surface area contributed by atoms with Crippen molar-refractivity contribution in [1.82, 2.24) is 14.3 Å². The predicted molar refractivity (Wildman–Crippen MR) is 80.2 cm³/mol. The molecule has 1 aliphatic rings. The van der Waals surface area contributed by atoms with Gasteiger partial charge in [-0.1, -0.05) is 13.0 Å². The molecule has 1 aliphatic heterocycles. The SMILES string of the molecule is CCC1(C(=O)O)CCCN1Cc1cn2cc(C)ccc2n1. The zero-order valence-corrected chi connectivity index (χ0v) is 12.5. The highest BCUT2D eigenvalue weighted by Gasteiger charge is 2.46. The van der Waals surface area contributed by atoms with Gasteiger partial charge in [-0.2, -0.15) is 0 Å². The molecule has 0 amide bonds. The van der Waals surface area contributed by atoms with E-state index in [1.54, 1.807) is 0 Å². The molecule has 1 unspecified atom stereocenters. The van der Waals surface area contributed by atoms with E-state index < -0.39 is 11.5 Å². The molecule has 1 atom stereocenters. The zero-order chi connectivity index (χ0) is 15.0. The number of imidazole rings is 1. The summed E-state index contributed by atoms with van der Waals surface area (Å²) in [7, 11) is 0. The number of fused-ring (bicyclic) bond motifs is 1. The first kappa shape index (κ1) is 14.1. The van der Waals surface area contributed by atoms with Crippen LogP contribution in [0, 0.1) is 6.92 Å². The molecule has 1 fully saturated rings. The van der Waals surface area contributed by atoms with Crippen LogP contribution < -0.4 is 0 Å². The molecule has 5 nitrogen and oxygen atoms in total. The first-order valence-electron chi connectivity index (χ1n) is 7.48. The maximum Gasteiger partial charge on any atom is 0.324 e. The number of aryl methyl sites for hydroxylation is 1. The fourth-order valence-corrected chi connectivity index (χ4v) is 3.39. The molecule has 21 heavy (non-hydrogen) atoms. The number of carbonyl (C=O) groups is 1. The van der Waals surface area contributed by atoms with Crippen LogP contribution in [0.2, 0.25) is 0 Å². The smallest absolute Gasteiger partial charge is 0.324 e. The average Bonchev–Trinajstić information content (AvgIpc) is 3.02. The van der Waals surface area contributed by atoms with Crippen molar-refractivity contribution in [1.29, 1.82) is 0 Å². The minimum absolute atomic E-state index is 0.598. The van der Waals surface area contributed by atoms with Gasteiger partial charge >= 0.3 is 5.97 Å². The molecule has 1 N–H and O–H groups in total. The largest absolute Gasteiger partial charge is 0.480 e. The van der Waals surface area contributed by atoms with Crippen LogP contribution in [0.1, 0.15) is 37.4 Å². The first-order chi connectivity index (χ1) is 10.0. The van der Waals surface area contributed by atoms with Gasteiger partial charge < -0.3 is 9.51 Å². The van der Waals surface area contributed by atoms with Crippen LogP contribution >= 0.6 is 0 Å². The number of carboxylic acids is 1. The lowest BCUT2D eigenvalue weighted by Crippen LogP contribution is -2.49. The molecule has 0 aromatic carbocycles. The lowest BCUT2D eigenvalue weighted by Gasteiger charge is -2.33. The quantitative estimate of drug-likeness (QED) is 0.938. The second-order valence-electron chi connectivity index (χ2n) is 5.92. The molecule has 0 aliphatic carbocycles. The Morgan fingerprint density at radius 1 is 1.43 bits per heavy atom. The minimum atomic E-state index is -0.717. The molecule has 2 aromatic heterocycles. The van der Waals surface area contributed by atoms with Crippen molar-refractivity contribution in [2.75, 3.05) is 6.54 Å². The normalized spacial score (nSPS) is 23.0. The highest BCUT2D eigenvalue weighted by atomic mass is 16.4. The molecule has 112 valence electrons. The number of rotatable bonds is 4. The number of nitrogens with zero attached hydrogens (tertiary/aromatic N) is 3. The third kappa shape index (κ3) is 2.31. The molecule has 0 radical (unpaired) electrons. The second-order valence-corrected chi connectivity index (χ2v) is 5.92. The monoisotopic (exact) mass is 287 g/mol. The molecular weight excluding hydrogens is 266 g/mol. The van der Waals surface area contributed by atoms with Crippen molar-refractivity contribution in [3.8, 4) is 0 Å². The fourth-order valence-electron chi connectivity index (χ4n) is 3.39. The highest BCUT2D eigenvalue weighted by Crippen LogP contribution is 2.33. The van der Waals surface area contributed by atoms with Gasteiger partial charge in [-0.15, -0.1) is 0 Å². The number of carboxylic acid groups (broad SMARTS) is 1. The summed E-state index contributed by atoms with van der Waals surface area (Å²) in [6.07, 6.45) is 6.34. The van der Waals surface area contributed by atoms with Gasteiger partial charge in [-0.25, -0.2) is 4.98 Å². The topological polar surface area (TPSA) is 57.8 Å². The summed E-state index contributed by atoms with van der Waals surface area (Å²) in [4.78, 5) is 18.4. The van der Waals surface area contributed by atoms with Crippen molar-refractivity contribution in [3.05, 3.63) is 35.8 Å². The van der Waals surface area contributed by atoms with Gasteiger partial charge in [-0.3, -0.25) is 9.69 Å². The number of aliphatic carboxylic acids is 1. The van der Waals surface area contributed by atoms with E-state index in [9.17, 15) is 9.90 Å². The van der Waals surface area contributed by atoms with Crippen LogP contribution in [-0.2, 0) is 11.3 Å². The molecule has 5 heteroatoms. The Morgan fingerprint density at radius 3 is 2.95 bits per heavy atom. The molecule has 3 rings (SSSR count).